The molecular weight excluding hydrogens is 194 g/mol. The normalized spacial score (nSPS) is 16.4. The summed E-state index contributed by atoms with van der Waals surface area (Å²) in [4.78, 5) is 3.12. The number of anilines is 1. The molecule has 0 bridgehead atoms. The molecule has 14 heavy (non-hydrogen) atoms. The predicted octanol–water partition coefficient (Wildman–Crippen LogP) is 2.11. The van der Waals surface area contributed by atoms with Crippen LogP contribution in [0, 0.1) is 0 Å². The summed E-state index contributed by atoms with van der Waals surface area (Å²) in [5.74, 6) is 0. The van der Waals surface area contributed by atoms with Crippen molar-refractivity contribution in [3.8, 4) is 0 Å². The van der Waals surface area contributed by atoms with Crippen LogP contribution in [0.25, 0.3) is 0 Å². The van der Waals surface area contributed by atoms with E-state index in [9.17, 15) is 5.11 Å². The molecule has 0 amide bonds. The summed E-state index contributed by atoms with van der Waals surface area (Å²) >= 11 is 5.27. The second kappa shape index (κ2) is 4.07. The van der Waals surface area contributed by atoms with Gasteiger partial charge >= 0.3 is 0 Å². The molecule has 1 aliphatic rings. The highest BCUT2D eigenvalue weighted by Crippen LogP contribution is 2.25. The lowest BCUT2D eigenvalue weighted by molar-refractivity contribution is 0.282. The number of hydrogen-bond acceptors (Lipinski definition) is 2. The molecule has 0 atom stereocenters. The number of benzene rings is 1. The summed E-state index contributed by atoms with van der Waals surface area (Å²) in [6.45, 7) is 1.06. The summed E-state index contributed by atoms with van der Waals surface area (Å²) in [5, 5.41) is 9.20. The van der Waals surface area contributed by atoms with Crippen molar-refractivity contribution < 1.29 is 5.11 Å². The van der Waals surface area contributed by atoms with E-state index in [0.717, 1.165) is 35.6 Å². The van der Waals surface area contributed by atoms with Crippen LogP contribution in [0.2, 0.25) is 0 Å². The van der Waals surface area contributed by atoms with Crippen LogP contribution in [0.3, 0.4) is 0 Å². The van der Waals surface area contributed by atoms with E-state index in [-0.39, 0.29) is 6.61 Å². The van der Waals surface area contributed by atoms with Crippen molar-refractivity contribution in [1.82, 2.24) is 0 Å². The zero-order valence-electron chi connectivity index (χ0n) is 7.94. The van der Waals surface area contributed by atoms with Crippen LogP contribution in [0.15, 0.2) is 24.3 Å². The van der Waals surface area contributed by atoms with E-state index in [4.69, 9.17) is 12.2 Å². The van der Waals surface area contributed by atoms with Gasteiger partial charge in [-0.05, 0) is 18.9 Å². The van der Waals surface area contributed by atoms with Gasteiger partial charge in [-0.15, -0.1) is 0 Å². The lowest BCUT2D eigenvalue weighted by Crippen LogP contribution is -2.23. The third kappa shape index (κ3) is 1.65. The number of hydrogen-bond donors (Lipinski definition) is 1. The SMILES string of the molecule is OCc1ccccc1N1CCCC1=S. The van der Waals surface area contributed by atoms with E-state index in [2.05, 4.69) is 4.90 Å². The maximum Gasteiger partial charge on any atom is 0.0824 e. The fourth-order valence-corrected chi connectivity index (χ4v) is 2.14. The monoisotopic (exact) mass is 207 g/mol. The van der Waals surface area contributed by atoms with Gasteiger partial charge in [-0.3, -0.25) is 0 Å². The van der Waals surface area contributed by atoms with Gasteiger partial charge in [-0.25, -0.2) is 0 Å². The van der Waals surface area contributed by atoms with Gasteiger partial charge < -0.3 is 10.0 Å². The van der Waals surface area contributed by atoms with Gasteiger partial charge in [-0.2, -0.15) is 0 Å². The molecule has 0 spiro atoms. The maximum absolute atomic E-state index is 9.20. The highest BCUT2D eigenvalue weighted by atomic mass is 32.1. The number of rotatable bonds is 2. The Labute approximate surface area is 89.2 Å². The van der Waals surface area contributed by atoms with Crippen molar-refractivity contribution >= 4 is 22.9 Å². The second-order valence-corrected chi connectivity index (χ2v) is 3.91. The molecule has 0 aliphatic carbocycles. The van der Waals surface area contributed by atoms with Gasteiger partial charge in [0.1, 0.15) is 0 Å². The zero-order chi connectivity index (χ0) is 9.97. The first-order chi connectivity index (χ1) is 6.83. The zero-order valence-corrected chi connectivity index (χ0v) is 8.76. The van der Waals surface area contributed by atoms with Gasteiger partial charge in [0.25, 0.3) is 0 Å². The Morgan fingerprint density at radius 1 is 1.36 bits per heavy atom. The van der Waals surface area contributed by atoms with E-state index in [0.29, 0.717) is 0 Å². The first kappa shape index (κ1) is 9.62. The van der Waals surface area contributed by atoms with Crippen molar-refractivity contribution in [1.29, 1.82) is 0 Å². The largest absolute Gasteiger partial charge is 0.392 e. The van der Waals surface area contributed by atoms with E-state index in [1.165, 1.54) is 0 Å². The number of para-hydroxylation sites is 1. The molecule has 3 heteroatoms. The fourth-order valence-electron chi connectivity index (χ4n) is 1.81. The molecule has 0 saturated carbocycles. The molecule has 1 saturated heterocycles. The Hall–Kier alpha value is -0.930. The van der Waals surface area contributed by atoms with Crippen LogP contribution in [-0.4, -0.2) is 16.6 Å². The molecule has 1 aromatic carbocycles. The molecule has 0 aromatic heterocycles. The van der Waals surface area contributed by atoms with Crippen LogP contribution >= 0.6 is 12.2 Å². The minimum Gasteiger partial charge on any atom is -0.392 e. The number of aliphatic hydroxyl groups excluding tert-OH is 1. The summed E-state index contributed by atoms with van der Waals surface area (Å²) in [7, 11) is 0. The molecule has 74 valence electrons. The average molecular weight is 207 g/mol. The van der Waals surface area contributed by atoms with Gasteiger partial charge in [0.2, 0.25) is 0 Å². The second-order valence-electron chi connectivity index (χ2n) is 3.44. The molecule has 2 nitrogen and oxygen atoms in total. The Kier molecular flexibility index (Phi) is 2.79. The van der Waals surface area contributed by atoms with Crippen LogP contribution < -0.4 is 4.90 Å². The Morgan fingerprint density at radius 2 is 2.14 bits per heavy atom. The molecule has 0 radical (unpaired) electrons. The summed E-state index contributed by atoms with van der Waals surface area (Å²) < 4.78 is 0. The van der Waals surface area contributed by atoms with Crippen LogP contribution in [0.1, 0.15) is 18.4 Å². The number of thiocarbonyl (C=S) groups is 1. The molecule has 0 unspecified atom stereocenters. The van der Waals surface area contributed by atoms with Gasteiger partial charge in [0, 0.05) is 17.8 Å². The van der Waals surface area contributed by atoms with Crippen LogP contribution in [0.5, 0.6) is 0 Å². The minimum absolute atomic E-state index is 0.0787. The molecule has 1 N–H and O–H groups in total. The Morgan fingerprint density at radius 3 is 2.79 bits per heavy atom. The van der Waals surface area contributed by atoms with Crippen LogP contribution in [0.4, 0.5) is 5.69 Å². The van der Waals surface area contributed by atoms with Crippen molar-refractivity contribution in [3.05, 3.63) is 29.8 Å². The summed E-state index contributed by atoms with van der Waals surface area (Å²) in [6.07, 6.45) is 2.12. The lowest BCUT2D eigenvalue weighted by atomic mass is 10.2. The number of nitrogens with zero attached hydrogens (tertiary/aromatic N) is 1. The van der Waals surface area contributed by atoms with E-state index in [1.807, 2.05) is 24.3 Å². The Bertz CT molecular complexity index is 351. The summed E-state index contributed by atoms with van der Waals surface area (Å²) in [6, 6.07) is 7.88. The topological polar surface area (TPSA) is 23.5 Å². The molecule has 2 rings (SSSR count). The molecular formula is C11H13NOS. The quantitative estimate of drug-likeness (QED) is 0.751. The predicted molar refractivity (Wildman–Crippen MR) is 61.5 cm³/mol. The maximum atomic E-state index is 9.20. The third-order valence-electron chi connectivity index (χ3n) is 2.53. The Balaban J connectivity index is 2.35. The van der Waals surface area contributed by atoms with Crippen molar-refractivity contribution in [2.24, 2.45) is 0 Å². The van der Waals surface area contributed by atoms with Crippen molar-refractivity contribution in [2.45, 2.75) is 19.4 Å². The smallest absolute Gasteiger partial charge is 0.0824 e. The van der Waals surface area contributed by atoms with Gasteiger partial charge in [-0.1, -0.05) is 30.4 Å². The minimum atomic E-state index is 0.0787. The fraction of sp³-hybridized carbons (Fsp3) is 0.364. The first-order valence-electron chi connectivity index (χ1n) is 4.82. The lowest BCUT2D eigenvalue weighted by Gasteiger charge is -2.20. The van der Waals surface area contributed by atoms with Crippen LogP contribution in [-0.2, 0) is 6.61 Å². The van der Waals surface area contributed by atoms with Crippen molar-refractivity contribution in [3.63, 3.8) is 0 Å². The van der Waals surface area contributed by atoms with Gasteiger partial charge in [0.15, 0.2) is 0 Å². The first-order valence-corrected chi connectivity index (χ1v) is 5.23. The molecule has 1 aliphatic heterocycles. The molecule has 1 fully saturated rings. The van der Waals surface area contributed by atoms with E-state index < -0.39 is 0 Å². The third-order valence-corrected chi connectivity index (χ3v) is 2.95. The highest BCUT2D eigenvalue weighted by Gasteiger charge is 2.19. The van der Waals surface area contributed by atoms with Crippen molar-refractivity contribution in [2.75, 3.05) is 11.4 Å². The average Bonchev–Trinajstić information content (AvgIpc) is 2.64. The molecule has 1 heterocycles. The molecule has 1 aromatic rings. The van der Waals surface area contributed by atoms with E-state index in [1.54, 1.807) is 0 Å². The van der Waals surface area contributed by atoms with E-state index >= 15 is 0 Å². The number of aliphatic hydroxyl groups is 1. The highest BCUT2D eigenvalue weighted by molar-refractivity contribution is 7.80. The standard InChI is InChI=1S/C11H13NOS/c13-8-9-4-1-2-5-10(9)12-7-3-6-11(12)14/h1-2,4-5,13H,3,6-8H2. The summed E-state index contributed by atoms with van der Waals surface area (Å²) in [5.41, 5.74) is 2.02. The van der Waals surface area contributed by atoms with Gasteiger partial charge in [0.05, 0.1) is 11.6 Å².